The van der Waals surface area contributed by atoms with Crippen LogP contribution in [0, 0.1) is 0 Å². The highest BCUT2D eigenvalue weighted by Gasteiger charge is 2.25. The van der Waals surface area contributed by atoms with Gasteiger partial charge in [-0.05, 0) is 32.5 Å². The fourth-order valence-corrected chi connectivity index (χ4v) is 2.07. The van der Waals surface area contributed by atoms with Crippen molar-refractivity contribution in [2.75, 3.05) is 13.6 Å². The maximum absolute atomic E-state index is 5.88. The number of imidazole rings is 1. The molecule has 0 radical (unpaired) electrons. The minimum atomic E-state index is 0.0375. The molecule has 0 saturated carbocycles. The molecule has 0 aliphatic rings. The number of hydrogen-bond donors (Lipinski definition) is 1. The van der Waals surface area contributed by atoms with Crippen LogP contribution in [0.3, 0.4) is 0 Å². The summed E-state index contributed by atoms with van der Waals surface area (Å²) in [7, 11) is 2.11. The molecule has 0 aliphatic carbocycles. The van der Waals surface area contributed by atoms with Gasteiger partial charge in [0.25, 0.3) is 0 Å². The standard InChI is InChI=1S/C14H22N4/c1-4-14(2,11-15)17(3)9-12-10-18-8-6-5-7-13(18)16-12/h5-8,10H,4,9,11,15H2,1-3H3. The predicted molar refractivity (Wildman–Crippen MR) is 74.4 cm³/mol. The monoisotopic (exact) mass is 246 g/mol. The Labute approximate surface area is 108 Å². The van der Waals surface area contributed by atoms with Gasteiger partial charge in [0.1, 0.15) is 5.65 Å². The first-order chi connectivity index (χ1) is 8.59. The molecule has 0 bridgehead atoms. The maximum atomic E-state index is 5.88. The van der Waals surface area contributed by atoms with Crippen LogP contribution in [0.15, 0.2) is 30.6 Å². The molecule has 0 spiro atoms. The van der Waals surface area contributed by atoms with Crippen molar-refractivity contribution in [2.45, 2.75) is 32.4 Å². The molecule has 1 unspecified atom stereocenters. The molecular weight excluding hydrogens is 224 g/mol. The first kappa shape index (κ1) is 13.1. The van der Waals surface area contributed by atoms with E-state index in [-0.39, 0.29) is 5.54 Å². The third kappa shape index (κ3) is 2.40. The van der Waals surface area contributed by atoms with Gasteiger partial charge in [-0.3, -0.25) is 4.90 Å². The number of nitrogens with two attached hydrogens (primary N) is 1. The van der Waals surface area contributed by atoms with Crippen LogP contribution in [-0.4, -0.2) is 33.4 Å². The zero-order valence-electron chi connectivity index (χ0n) is 11.4. The quantitative estimate of drug-likeness (QED) is 0.876. The number of nitrogens with zero attached hydrogens (tertiary/aromatic N) is 3. The summed E-state index contributed by atoms with van der Waals surface area (Å²) < 4.78 is 2.05. The average molecular weight is 246 g/mol. The number of rotatable bonds is 5. The lowest BCUT2D eigenvalue weighted by molar-refractivity contribution is 0.130. The third-order valence-electron chi connectivity index (χ3n) is 3.94. The van der Waals surface area contributed by atoms with Crippen LogP contribution in [0.1, 0.15) is 26.0 Å². The summed E-state index contributed by atoms with van der Waals surface area (Å²) in [6.45, 7) is 5.85. The second-order valence-corrected chi connectivity index (χ2v) is 5.11. The Morgan fingerprint density at radius 3 is 2.83 bits per heavy atom. The van der Waals surface area contributed by atoms with Gasteiger partial charge in [0.2, 0.25) is 0 Å². The largest absolute Gasteiger partial charge is 0.329 e. The van der Waals surface area contributed by atoms with Crippen LogP contribution in [0.4, 0.5) is 0 Å². The van der Waals surface area contributed by atoms with Crippen molar-refractivity contribution in [2.24, 2.45) is 5.73 Å². The van der Waals surface area contributed by atoms with Gasteiger partial charge < -0.3 is 10.1 Å². The van der Waals surface area contributed by atoms with E-state index in [1.54, 1.807) is 0 Å². The van der Waals surface area contributed by atoms with Crippen molar-refractivity contribution in [3.63, 3.8) is 0 Å². The van der Waals surface area contributed by atoms with Crippen molar-refractivity contribution >= 4 is 5.65 Å². The van der Waals surface area contributed by atoms with Gasteiger partial charge in [-0.25, -0.2) is 4.98 Å². The number of pyridine rings is 1. The molecule has 0 saturated heterocycles. The fraction of sp³-hybridized carbons (Fsp3) is 0.500. The lowest BCUT2D eigenvalue weighted by Crippen LogP contribution is -2.48. The summed E-state index contributed by atoms with van der Waals surface area (Å²) in [4.78, 5) is 6.90. The molecule has 2 aromatic heterocycles. The Hall–Kier alpha value is -1.39. The molecule has 0 aromatic carbocycles. The number of aromatic nitrogens is 2. The molecule has 18 heavy (non-hydrogen) atoms. The molecule has 2 rings (SSSR count). The highest BCUT2D eigenvalue weighted by atomic mass is 15.2. The topological polar surface area (TPSA) is 46.6 Å². The zero-order valence-corrected chi connectivity index (χ0v) is 11.4. The lowest BCUT2D eigenvalue weighted by atomic mass is 9.97. The molecular formula is C14H22N4. The van der Waals surface area contributed by atoms with Crippen molar-refractivity contribution in [1.29, 1.82) is 0 Å². The molecule has 1 atom stereocenters. The highest BCUT2D eigenvalue weighted by molar-refractivity contribution is 5.39. The van der Waals surface area contributed by atoms with Crippen molar-refractivity contribution in [3.8, 4) is 0 Å². The molecule has 0 fully saturated rings. The maximum Gasteiger partial charge on any atom is 0.137 e. The van der Waals surface area contributed by atoms with E-state index in [9.17, 15) is 0 Å². The lowest BCUT2D eigenvalue weighted by Gasteiger charge is -2.36. The van der Waals surface area contributed by atoms with Crippen LogP contribution in [-0.2, 0) is 6.54 Å². The average Bonchev–Trinajstić information content (AvgIpc) is 2.79. The Morgan fingerprint density at radius 2 is 2.22 bits per heavy atom. The van der Waals surface area contributed by atoms with E-state index < -0.39 is 0 Å². The second-order valence-electron chi connectivity index (χ2n) is 5.11. The summed E-state index contributed by atoms with van der Waals surface area (Å²) in [6.07, 6.45) is 5.14. The molecule has 2 N–H and O–H groups in total. The van der Waals surface area contributed by atoms with Gasteiger partial charge >= 0.3 is 0 Å². The van der Waals surface area contributed by atoms with E-state index in [1.165, 1.54) is 0 Å². The van der Waals surface area contributed by atoms with Gasteiger partial charge in [-0.2, -0.15) is 0 Å². The number of hydrogen-bond acceptors (Lipinski definition) is 3. The van der Waals surface area contributed by atoms with Crippen molar-refractivity contribution in [3.05, 3.63) is 36.3 Å². The summed E-state index contributed by atoms with van der Waals surface area (Å²) >= 11 is 0. The van der Waals surface area contributed by atoms with Crippen LogP contribution in [0.5, 0.6) is 0 Å². The summed E-state index contributed by atoms with van der Waals surface area (Å²) in [6, 6.07) is 6.04. The van der Waals surface area contributed by atoms with Gasteiger partial charge in [-0.15, -0.1) is 0 Å². The van der Waals surface area contributed by atoms with E-state index >= 15 is 0 Å². The first-order valence-electron chi connectivity index (χ1n) is 6.43. The molecule has 2 heterocycles. The minimum Gasteiger partial charge on any atom is -0.329 e. The van der Waals surface area contributed by atoms with E-state index in [0.29, 0.717) is 6.54 Å². The van der Waals surface area contributed by atoms with Gasteiger partial charge in [0.15, 0.2) is 0 Å². The van der Waals surface area contributed by atoms with Gasteiger partial charge in [0.05, 0.1) is 5.69 Å². The van der Waals surface area contributed by atoms with E-state index in [0.717, 1.165) is 24.3 Å². The normalized spacial score (nSPS) is 15.2. The summed E-state index contributed by atoms with van der Waals surface area (Å²) in [5, 5.41) is 0. The molecule has 4 nitrogen and oxygen atoms in total. The van der Waals surface area contributed by atoms with Crippen molar-refractivity contribution < 1.29 is 0 Å². The SMILES string of the molecule is CCC(C)(CN)N(C)Cc1cn2ccccc2n1. The Morgan fingerprint density at radius 1 is 1.44 bits per heavy atom. The van der Waals surface area contributed by atoms with Crippen LogP contribution >= 0.6 is 0 Å². The molecule has 4 heteroatoms. The van der Waals surface area contributed by atoms with Crippen molar-refractivity contribution in [1.82, 2.24) is 14.3 Å². The Bertz CT molecular complexity index is 480. The minimum absolute atomic E-state index is 0.0375. The van der Waals surface area contributed by atoms with Crippen LogP contribution in [0.2, 0.25) is 0 Å². The molecule has 0 aliphatic heterocycles. The third-order valence-corrected chi connectivity index (χ3v) is 3.94. The van der Waals surface area contributed by atoms with Gasteiger partial charge in [0, 0.05) is 31.0 Å². The highest BCUT2D eigenvalue weighted by Crippen LogP contribution is 2.18. The van der Waals surface area contributed by atoms with E-state index in [4.69, 9.17) is 5.73 Å². The number of likely N-dealkylation sites (N-methyl/N-ethyl adjacent to an activating group) is 1. The molecule has 0 amide bonds. The smallest absolute Gasteiger partial charge is 0.137 e. The first-order valence-corrected chi connectivity index (χ1v) is 6.43. The second kappa shape index (κ2) is 5.08. The van der Waals surface area contributed by atoms with Gasteiger partial charge in [-0.1, -0.05) is 13.0 Å². The van der Waals surface area contributed by atoms with E-state index in [1.807, 2.05) is 24.4 Å². The summed E-state index contributed by atoms with van der Waals surface area (Å²) in [5.41, 5.74) is 7.99. The fourth-order valence-electron chi connectivity index (χ4n) is 2.07. The Kier molecular flexibility index (Phi) is 3.68. The molecule has 2 aromatic rings. The van der Waals surface area contributed by atoms with Crippen LogP contribution in [0.25, 0.3) is 5.65 Å². The molecule has 98 valence electrons. The number of fused-ring (bicyclic) bond motifs is 1. The predicted octanol–water partition coefficient (Wildman–Crippen LogP) is 1.89. The van der Waals surface area contributed by atoms with Crippen LogP contribution < -0.4 is 5.73 Å². The Balaban J connectivity index is 2.18. The van der Waals surface area contributed by atoms with E-state index in [2.05, 4.69) is 41.4 Å². The zero-order chi connectivity index (χ0) is 13.2. The summed E-state index contributed by atoms with van der Waals surface area (Å²) in [5.74, 6) is 0.